The minimum Gasteiger partial charge on any atom is -0.469 e. The third-order valence-electron chi connectivity index (χ3n) is 2.98. The predicted octanol–water partition coefficient (Wildman–Crippen LogP) is 1.47. The van der Waals surface area contributed by atoms with E-state index in [-0.39, 0.29) is 11.9 Å². The molecule has 0 saturated carbocycles. The van der Waals surface area contributed by atoms with Gasteiger partial charge in [-0.15, -0.1) is 0 Å². The lowest BCUT2D eigenvalue weighted by Gasteiger charge is -2.31. The Labute approximate surface area is 114 Å². The van der Waals surface area contributed by atoms with Crippen LogP contribution in [0.3, 0.4) is 0 Å². The van der Waals surface area contributed by atoms with E-state index in [1.807, 2.05) is 0 Å². The van der Waals surface area contributed by atoms with Gasteiger partial charge in [-0.25, -0.2) is 9.97 Å². The van der Waals surface area contributed by atoms with E-state index in [9.17, 15) is 4.79 Å². The van der Waals surface area contributed by atoms with Crippen LogP contribution in [-0.2, 0) is 9.53 Å². The highest BCUT2D eigenvalue weighted by molar-refractivity contribution is 14.1. The van der Waals surface area contributed by atoms with Crippen molar-refractivity contribution < 1.29 is 9.53 Å². The minimum atomic E-state index is -0.0953. The third-order valence-corrected chi connectivity index (χ3v) is 3.74. The fourth-order valence-corrected chi connectivity index (χ4v) is 2.67. The standard InChI is InChI=1S/C11H14IN3O2/c1-17-11(16)8-2-4-15(5-3-8)10-9(12)6-13-7-14-10/h6-8H,2-5H2,1H3. The van der Waals surface area contributed by atoms with E-state index in [4.69, 9.17) is 4.74 Å². The molecule has 2 heterocycles. The van der Waals surface area contributed by atoms with Gasteiger partial charge in [0.05, 0.1) is 16.6 Å². The molecule has 1 fully saturated rings. The number of piperidine rings is 1. The molecular formula is C11H14IN3O2. The molecule has 0 aliphatic carbocycles. The van der Waals surface area contributed by atoms with Crippen LogP contribution in [-0.4, -0.2) is 36.1 Å². The third kappa shape index (κ3) is 2.85. The molecular weight excluding hydrogens is 333 g/mol. The molecule has 5 nitrogen and oxygen atoms in total. The van der Waals surface area contributed by atoms with Crippen molar-refractivity contribution in [2.45, 2.75) is 12.8 Å². The Morgan fingerprint density at radius 1 is 1.53 bits per heavy atom. The number of aromatic nitrogens is 2. The van der Waals surface area contributed by atoms with E-state index >= 15 is 0 Å². The van der Waals surface area contributed by atoms with Gasteiger partial charge in [-0.2, -0.15) is 0 Å². The van der Waals surface area contributed by atoms with Gasteiger partial charge in [0.25, 0.3) is 0 Å². The van der Waals surface area contributed by atoms with Gasteiger partial charge in [0, 0.05) is 19.3 Å². The molecule has 1 aliphatic heterocycles. The number of carbonyl (C=O) groups excluding carboxylic acids is 1. The maximum atomic E-state index is 11.4. The summed E-state index contributed by atoms with van der Waals surface area (Å²) in [5.74, 6) is 0.904. The molecule has 17 heavy (non-hydrogen) atoms. The summed E-state index contributed by atoms with van der Waals surface area (Å²) in [5, 5.41) is 0. The van der Waals surface area contributed by atoms with Crippen LogP contribution < -0.4 is 4.90 Å². The molecule has 0 atom stereocenters. The first-order valence-corrected chi connectivity index (χ1v) is 6.58. The number of ether oxygens (including phenoxy) is 1. The first-order chi connectivity index (χ1) is 8.22. The van der Waals surface area contributed by atoms with Gasteiger partial charge in [0.15, 0.2) is 0 Å². The lowest BCUT2D eigenvalue weighted by Crippen LogP contribution is -2.37. The topological polar surface area (TPSA) is 55.3 Å². The molecule has 1 aliphatic rings. The molecule has 0 aromatic carbocycles. The van der Waals surface area contributed by atoms with Crippen molar-refractivity contribution in [3.8, 4) is 0 Å². The van der Waals surface area contributed by atoms with Gasteiger partial charge in [-0.05, 0) is 35.4 Å². The quantitative estimate of drug-likeness (QED) is 0.599. The van der Waals surface area contributed by atoms with Gasteiger partial charge in [0.2, 0.25) is 0 Å². The minimum absolute atomic E-state index is 0.0377. The van der Waals surface area contributed by atoms with Crippen LogP contribution in [0.2, 0.25) is 0 Å². The van der Waals surface area contributed by atoms with Crippen LogP contribution in [0.25, 0.3) is 0 Å². The number of methoxy groups -OCH3 is 1. The molecule has 0 N–H and O–H groups in total. The highest BCUT2D eigenvalue weighted by atomic mass is 127. The second-order valence-corrected chi connectivity index (χ2v) is 5.14. The molecule has 0 amide bonds. The van der Waals surface area contributed by atoms with E-state index in [2.05, 4.69) is 37.5 Å². The maximum absolute atomic E-state index is 11.4. The summed E-state index contributed by atoms with van der Waals surface area (Å²) in [7, 11) is 1.45. The van der Waals surface area contributed by atoms with E-state index in [1.54, 1.807) is 12.5 Å². The average Bonchev–Trinajstić information content (AvgIpc) is 2.39. The fraction of sp³-hybridized carbons (Fsp3) is 0.545. The molecule has 0 unspecified atom stereocenters. The van der Waals surface area contributed by atoms with Crippen molar-refractivity contribution in [1.29, 1.82) is 0 Å². The summed E-state index contributed by atoms with van der Waals surface area (Å²) in [5.41, 5.74) is 0. The van der Waals surface area contributed by atoms with Crippen molar-refractivity contribution in [2.75, 3.05) is 25.1 Å². The monoisotopic (exact) mass is 347 g/mol. The highest BCUT2D eigenvalue weighted by Crippen LogP contribution is 2.25. The summed E-state index contributed by atoms with van der Waals surface area (Å²) in [4.78, 5) is 21.9. The van der Waals surface area contributed by atoms with E-state index in [0.717, 1.165) is 35.3 Å². The molecule has 1 aromatic rings. The fourth-order valence-electron chi connectivity index (χ4n) is 2.03. The number of carbonyl (C=O) groups is 1. The second kappa shape index (κ2) is 5.61. The normalized spacial score (nSPS) is 16.9. The van der Waals surface area contributed by atoms with Crippen LogP contribution >= 0.6 is 22.6 Å². The molecule has 6 heteroatoms. The van der Waals surface area contributed by atoms with Gasteiger partial charge >= 0.3 is 5.97 Å². The second-order valence-electron chi connectivity index (χ2n) is 3.98. The van der Waals surface area contributed by atoms with Gasteiger partial charge in [0.1, 0.15) is 12.1 Å². The summed E-state index contributed by atoms with van der Waals surface area (Å²) in [6.45, 7) is 1.68. The molecule has 0 radical (unpaired) electrons. The molecule has 0 spiro atoms. The zero-order chi connectivity index (χ0) is 12.3. The van der Waals surface area contributed by atoms with Crippen molar-refractivity contribution in [2.24, 2.45) is 5.92 Å². The molecule has 92 valence electrons. The number of rotatable bonds is 2. The van der Waals surface area contributed by atoms with Gasteiger partial charge in [-0.3, -0.25) is 4.79 Å². The van der Waals surface area contributed by atoms with E-state index in [1.165, 1.54) is 7.11 Å². The zero-order valence-electron chi connectivity index (χ0n) is 9.60. The Morgan fingerprint density at radius 3 is 2.82 bits per heavy atom. The van der Waals surface area contributed by atoms with Crippen molar-refractivity contribution >= 4 is 34.4 Å². The highest BCUT2D eigenvalue weighted by Gasteiger charge is 2.26. The number of hydrogen-bond acceptors (Lipinski definition) is 5. The first-order valence-electron chi connectivity index (χ1n) is 5.50. The van der Waals surface area contributed by atoms with Crippen molar-refractivity contribution in [3.05, 3.63) is 16.1 Å². The molecule has 1 saturated heterocycles. The smallest absolute Gasteiger partial charge is 0.308 e. The Bertz CT molecular complexity index is 405. The summed E-state index contributed by atoms with van der Waals surface area (Å²) < 4.78 is 5.81. The summed E-state index contributed by atoms with van der Waals surface area (Å²) in [6, 6.07) is 0. The first kappa shape index (κ1) is 12.5. The number of nitrogens with zero attached hydrogens (tertiary/aromatic N) is 3. The molecule has 2 rings (SSSR count). The van der Waals surface area contributed by atoms with Crippen LogP contribution in [0, 0.1) is 9.49 Å². The molecule has 0 bridgehead atoms. The van der Waals surface area contributed by atoms with E-state index in [0.29, 0.717) is 0 Å². The maximum Gasteiger partial charge on any atom is 0.308 e. The Balaban J connectivity index is 2.00. The summed E-state index contributed by atoms with van der Waals surface area (Å²) >= 11 is 2.23. The van der Waals surface area contributed by atoms with Crippen molar-refractivity contribution in [3.63, 3.8) is 0 Å². The Kier molecular flexibility index (Phi) is 4.14. The number of hydrogen-bond donors (Lipinski definition) is 0. The van der Waals surface area contributed by atoms with Gasteiger partial charge in [-0.1, -0.05) is 0 Å². The SMILES string of the molecule is COC(=O)C1CCN(c2ncncc2I)CC1. The lowest BCUT2D eigenvalue weighted by atomic mass is 9.97. The summed E-state index contributed by atoms with van der Waals surface area (Å²) in [6.07, 6.45) is 5.01. The van der Waals surface area contributed by atoms with Crippen molar-refractivity contribution in [1.82, 2.24) is 9.97 Å². The largest absolute Gasteiger partial charge is 0.469 e. The Morgan fingerprint density at radius 2 is 2.24 bits per heavy atom. The Hall–Kier alpha value is -0.920. The van der Waals surface area contributed by atoms with E-state index < -0.39 is 0 Å². The number of esters is 1. The average molecular weight is 347 g/mol. The lowest BCUT2D eigenvalue weighted by molar-refractivity contribution is -0.146. The van der Waals surface area contributed by atoms with Crippen LogP contribution in [0.15, 0.2) is 12.5 Å². The zero-order valence-corrected chi connectivity index (χ0v) is 11.8. The van der Waals surface area contributed by atoms with Crippen LogP contribution in [0.5, 0.6) is 0 Å². The van der Waals surface area contributed by atoms with Crippen LogP contribution in [0.4, 0.5) is 5.82 Å². The predicted molar refractivity (Wildman–Crippen MR) is 71.7 cm³/mol. The number of halogens is 1. The van der Waals surface area contributed by atoms with Gasteiger partial charge < -0.3 is 9.64 Å². The molecule has 1 aromatic heterocycles. The van der Waals surface area contributed by atoms with Crippen LogP contribution in [0.1, 0.15) is 12.8 Å². The number of anilines is 1.